The van der Waals surface area contributed by atoms with Crippen molar-refractivity contribution in [1.82, 2.24) is 15.5 Å². The lowest BCUT2D eigenvalue weighted by atomic mass is 9.97. The molecule has 3 rings (SSSR count). The molecule has 0 radical (unpaired) electrons. The highest BCUT2D eigenvalue weighted by molar-refractivity contribution is 6.07. The molecule has 2 aliphatic rings. The number of aliphatic hydroxyl groups is 2. The van der Waals surface area contributed by atoms with Gasteiger partial charge in [0, 0.05) is 0 Å². The Balaban J connectivity index is 1.64. The van der Waals surface area contributed by atoms with Crippen LogP contribution in [0.1, 0.15) is 43.7 Å². The van der Waals surface area contributed by atoms with E-state index >= 15 is 0 Å². The molecule has 8 heteroatoms. The van der Waals surface area contributed by atoms with Crippen LogP contribution in [0.3, 0.4) is 0 Å². The Hall–Kier alpha value is -2.45. The van der Waals surface area contributed by atoms with Crippen molar-refractivity contribution in [2.45, 2.75) is 63.1 Å². The monoisotopic (exact) mass is 403 g/mol. The van der Waals surface area contributed by atoms with Crippen molar-refractivity contribution >= 4 is 17.8 Å². The Kier molecular flexibility index (Phi) is 5.95. The summed E-state index contributed by atoms with van der Waals surface area (Å²) in [5.41, 5.74) is -0.849. The second-order valence-corrected chi connectivity index (χ2v) is 8.43. The minimum atomic E-state index is -1.98. The van der Waals surface area contributed by atoms with Gasteiger partial charge in [0.15, 0.2) is 5.60 Å². The van der Waals surface area contributed by atoms with Gasteiger partial charge in [-0.25, -0.2) is 4.79 Å². The Morgan fingerprint density at radius 3 is 2.66 bits per heavy atom. The molecule has 1 aliphatic carbocycles. The molecule has 158 valence electrons. The third kappa shape index (κ3) is 4.43. The van der Waals surface area contributed by atoms with E-state index in [1.165, 1.54) is 6.92 Å². The van der Waals surface area contributed by atoms with Gasteiger partial charge in [-0.15, -0.1) is 0 Å². The largest absolute Gasteiger partial charge is 0.394 e. The molecule has 1 aromatic carbocycles. The molecule has 1 spiro atoms. The average molecular weight is 403 g/mol. The van der Waals surface area contributed by atoms with E-state index in [4.69, 9.17) is 0 Å². The number of carbonyl (C=O) groups is 3. The highest BCUT2D eigenvalue weighted by atomic mass is 16.3. The minimum Gasteiger partial charge on any atom is -0.394 e. The van der Waals surface area contributed by atoms with Crippen LogP contribution in [0.5, 0.6) is 0 Å². The van der Waals surface area contributed by atoms with Gasteiger partial charge in [0.2, 0.25) is 0 Å². The highest BCUT2D eigenvalue weighted by Gasteiger charge is 2.54. The summed E-state index contributed by atoms with van der Waals surface area (Å²) < 4.78 is 0. The van der Waals surface area contributed by atoms with E-state index in [-0.39, 0.29) is 12.5 Å². The maximum atomic E-state index is 12.8. The molecular formula is C21H29N3O5. The van der Waals surface area contributed by atoms with Crippen molar-refractivity contribution in [3.8, 4) is 0 Å². The molecule has 8 nitrogen and oxygen atoms in total. The molecule has 2 atom stereocenters. The number of β-amino-alcohol motifs (C(OH)–C–C–N with tert-alkyl or cyclic N) is 1. The molecule has 1 aliphatic heterocycles. The predicted octanol–water partition coefficient (Wildman–Crippen LogP) is 0.630. The smallest absolute Gasteiger partial charge is 0.325 e. The molecule has 1 saturated heterocycles. The first kappa shape index (κ1) is 21.3. The van der Waals surface area contributed by atoms with Crippen molar-refractivity contribution in [1.29, 1.82) is 0 Å². The quantitative estimate of drug-likeness (QED) is 0.498. The number of nitrogens with zero attached hydrogens (tertiary/aromatic N) is 1. The van der Waals surface area contributed by atoms with Gasteiger partial charge in [-0.1, -0.05) is 42.7 Å². The summed E-state index contributed by atoms with van der Waals surface area (Å²) in [6, 6.07) is 6.53. The number of urea groups is 1. The molecule has 0 bridgehead atoms. The summed E-state index contributed by atoms with van der Waals surface area (Å²) in [6.07, 6.45) is 3.25. The summed E-state index contributed by atoms with van der Waals surface area (Å²) in [4.78, 5) is 38.7. The maximum absolute atomic E-state index is 12.8. The molecule has 2 fully saturated rings. The van der Waals surface area contributed by atoms with E-state index < -0.39 is 35.7 Å². The number of hydrogen-bond acceptors (Lipinski definition) is 5. The summed E-state index contributed by atoms with van der Waals surface area (Å²) in [5, 5.41) is 25.7. The molecule has 1 saturated carbocycles. The fourth-order valence-electron chi connectivity index (χ4n) is 4.14. The van der Waals surface area contributed by atoms with Crippen LogP contribution in [-0.2, 0) is 16.0 Å². The van der Waals surface area contributed by atoms with Crippen LogP contribution >= 0.6 is 0 Å². The van der Waals surface area contributed by atoms with Crippen LogP contribution in [0.4, 0.5) is 4.79 Å². The van der Waals surface area contributed by atoms with Crippen LogP contribution in [0.25, 0.3) is 0 Å². The molecule has 1 aromatic rings. The molecule has 2 unspecified atom stereocenters. The van der Waals surface area contributed by atoms with Gasteiger partial charge < -0.3 is 20.8 Å². The van der Waals surface area contributed by atoms with Crippen LogP contribution in [-0.4, -0.2) is 63.3 Å². The standard InChI is InChI=1S/C21H29N3O5/c1-14-6-5-7-15(10-14)11-16(12-25)22-17(26)20(2,29)13-24-18(27)21(23-19(24)28)8-3-4-9-21/h5-7,10,16,25,29H,3-4,8-9,11-13H2,1-2H3,(H,22,26)(H,23,28). The Labute approximate surface area is 170 Å². The first-order valence-electron chi connectivity index (χ1n) is 10.0. The number of rotatable bonds is 7. The van der Waals surface area contributed by atoms with Gasteiger partial charge in [0.1, 0.15) is 5.54 Å². The summed E-state index contributed by atoms with van der Waals surface area (Å²) in [5.74, 6) is -1.12. The molecule has 0 aromatic heterocycles. The van der Waals surface area contributed by atoms with Gasteiger partial charge in [-0.2, -0.15) is 0 Å². The SMILES string of the molecule is Cc1cccc(CC(CO)NC(=O)C(C)(O)CN2C(=O)NC3(CCCC3)C2=O)c1. The zero-order chi connectivity index (χ0) is 21.2. The summed E-state index contributed by atoms with van der Waals surface area (Å²) in [6.45, 7) is 2.48. The number of amides is 4. The van der Waals surface area contributed by atoms with Gasteiger partial charge in [0.25, 0.3) is 11.8 Å². The Bertz CT molecular complexity index is 801. The number of imide groups is 1. The lowest BCUT2D eigenvalue weighted by molar-refractivity contribution is -0.143. The van der Waals surface area contributed by atoms with E-state index in [9.17, 15) is 24.6 Å². The molecule has 4 amide bonds. The van der Waals surface area contributed by atoms with Gasteiger partial charge >= 0.3 is 6.03 Å². The average Bonchev–Trinajstić information content (AvgIpc) is 3.22. The Morgan fingerprint density at radius 2 is 2.03 bits per heavy atom. The first-order valence-corrected chi connectivity index (χ1v) is 10.0. The van der Waals surface area contributed by atoms with E-state index in [0.29, 0.717) is 19.3 Å². The third-order valence-electron chi connectivity index (χ3n) is 5.78. The van der Waals surface area contributed by atoms with E-state index in [1.54, 1.807) is 0 Å². The van der Waals surface area contributed by atoms with E-state index in [2.05, 4.69) is 10.6 Å². The van der Waals surface area contributed by atoms with Gasteiger partial charge in [-0.05, 0) is 38.7 Å². The summed E-state index contributed by atoms with van der Waals surface area (Å²) in [7, 11) is 0. The van der Waals surface area contributed by atoms with Crippen molar-refractivity contribution in [3.05, 3.63) is 35.4 Å². The first-order chi connectivity index (χ1) is 13.7. The third-order valence-corrected chi connectivity index (χ3v) is 5.78. The fraction of sp³-hybridized carbons (Fsp3) is 0.571. The molecule has 1 heterocycles. The van der Waals surface area contributed by atoms with Crippen LogP contribution in [0, 0.1) is 6.92 Å². The molecule has 29 heavy (non-hydrogen) atoms. The minimum absolute atomic E-state index is 0.304. The van der Waals surface area contributed by atoms with Crippen molar-refractivity contribution < 1.29 is 24.6 Å². The second-order valence-electron chi connectivity index (χ2n) is 8.43. The lowest BCUT2D eigenvalue weighted by Crippen LogP contribution is -2.56. The number of carbonyl (C=O) groups excluding carboxylic acids is 3. The highest BCUT2D eigenvalue weighted by Crippen LogP contribution is 2.35. The van der Waals surface area contributed by atoms with Crippen molar-refractivity contribution in [3.63, 3.8) is 0 Å². The van der Waals surface area contributed by atoms with Gasteiger partial charge in [-0.3, -0.25) is 14.5 Å². The van der Waals surface area contributed by atoms with Crippen molar-refractivity contribution in [2.24, 2.45) is 0 Å². The second kappa shape index (κ2) is 8.12. The molecular weight excluding hydrogens is 374 g/mol. The van der Waals surface area contributed by atoms with Crippen LogP contribution in [0.15, 0.2) is 24.3 Å². The van der Waals surface area contributed by atoms with Crippen LogP contribution in [0.2, 0.25) is 0 Å². The number of aliphatic hydroxyl groups excluding tert-OH is 1. The van der Waals surface area contributed by atoms with Crippen LogP contribution < -0.4 is 10.6 Å². The predicted molar refractivity (Wildman–Crippen MR) is 106 cm³/mol. The lowest BCUT2D eigenvalue weighted by Gasteiger charge is -2.29. The Morgan fingerprint density at radius 1 is 1.34 bits per heavy atom. The zero-order valence-corrected chi connectivity index (χ0v) is 16.9. The van der Waals surface area contributed by atoms with Gasteiger partial charge in [0.05, 0.1) is 19.2 Å². The number of nitrogens with one attached hydrogen (secondary N) is 2. The number of aryl methyl sites for hydroxylation is 1. The fourth-order valence-corrected chi connectivity index (χ4v) is 4.14. The number of benzene rings is 1. The topological polar surface area (TPSA) is 119 Å². The van der Waals surface area contributed by atoms with E-state index in [0.717, 1.165) is 28.9 Å². The normalized spacial score (nSPS) is 21.2. The van der Waals surface area contributed by atoms with E-state index in [1.807, 2.05) is 31.2 Å². The molecule has 4 N–H and O–H groups in total. The summed E-state index contributed by atoms with van der Waals surface area (Å²) >= 11 is 0. The van der Waals surface area contributed by atoms with Crippen molar-refractivity contribution in [2.75, 3.05) is 13.2 Å². The zero-order valence-electron chi connectivity index (χ0n) is 16.9. The maximum Gasteiger partial charge on any atom is 0.325 e. The number of hydrogen-bond donors (Lipinski definition) is 4.